The van der Waals surface area contributed by atoms with Gasteiger partial charge in [-0.25, -0.2) is 0 Å². The summed E-state index contributed by atoms with van der Waals surface area (Å²) in [5, 5.41) is 0. The molecule has 1 saturated heterocycles. The third-order valence-electron chi connectivity index (χ3n) is 6.65. The molecule has 6 atom stereocenters. The van der Waals surface area contributed by atoms with E-state index < -0.39 is 0 Å². The van der Waals surface area contributed by atoms with Crippen LogP contribution in [0.4, 0.5) is 0 Å². The van der Waals surface area contributed by atoms with Crippen molar-refractivity contribution in [3.05, 3.63) is 60.3 Å². The van der Waals surface area contributed by atoms with Gasteiger partial charge >= 0.3 is 0 Å². The van der Waals surface area contributed by atoms with E-state index in [1.807, 2.05) is 0 Å². The zero-order valence-electron chi connectivity index (χ0n) is 16.6. The van der Waals surface area contributed by atoms with E-state index in [2.05, 4.69) is 68.8 Å². The lowest BCUT2D eigenvalue weighted by Crippen LogP contribution is -2.64. The molecule has 1 aliphatic heterocycles. The van der Waals surface area contributed by atoms with Crippen LogP contribution in [0.1, 0.15) is 38.5 Å². The van der Waals surface area contributed by atoms with Crippen LogP contribution in [-0.2, 0) is 9.53 Å². The van der Waals surface area contributed by atoms with Crippen LogP contribution in [-0.4, -0.2) is 41.8 Å². The number of aldehydes is 1. The second-order valence-corrected chi connectivity index (χ2v) is 9.08. The fourth-order valence-corrected chi connectivity index (χ4v) is 6.00. The number of carbonyl (C=O) groups excluding carboxylic acids is 1. The largest absolute Gasteiger partial charge is 0.361 e. The Morgan fingerprint density at radius 3 is 2.68 bits per heavy atom. The Morgan fingerprint density at radius 1 is 1.07 bits per heavy atom. The van der Waals surface area contributed by atoms with E-state index in [4.69, 9.17) is 4.74 Å². The molecule has 0 aromatic heterocycles. The van der Waals surface area contributed by atoms with Gasteiger partial charge in [0.25, 0.3) is 0 Å². The molecule has 0 amide bonds. The van der Waals surface area contributed by atoms with Gasteiger partial charge in [-0.2, -0.15) is 0 Å². The summed E-state index contributed by atoms with van der Waals surface area (Å²) in [4.78, 5) is 14.3. The van der Waals surface area contributed by atoms with E-state index in [-0.39, 0.29) is 17.5 Å². The van der Waals surface area contributed by atoms with Gasteiger partial charge in [0, 0.05) is 19.0 Å². The third-order valence-corrected chi connectivity index (χ3v) is 7.02. The highest BCUT2D eigenvalue weighted by molar-refractivity contribution is 7.17. The third kappa shape index (κ3) is 3.77. The molecule has 0 bridgehead atoms. The molecule has 3 aliphatic carbocycles. The van der Waals surface area contributed by atoms with Crippen LogP contribution in [0.5, 0.6) is 0 Å². The fraction of sp³-hybridized carbons (Fsp3) is 0.542. The fourth-order valence-electron chi connectivity index (χ4n) is 5.55. The minimum absolute atomic E-state index is 0.0211. The molecule has 0 radical (unpaired) electrons. The molecule has 4 rings (SSSR count). The van der Waals surface area contributed by atoms with Gasteiger partial charge in [0.05, 0.1) is 11.4 Å². The molecule has 3 nitrogen and oxygen atoms in total. The summed E-state index contributed by atoms with van der Waals surface area (Å²) >= 11 is 0. The maximum Gasteiger partial charge on any atom is 0.150 e. The van der Waals surface area contributed by atoms with Crippen molar-refractivity contribution in [1.82, 2.24) is 4.90 Å². The van der Waals surface area contributed by atoms with Crippen molar-refractivity contribution < 1.29 is 9.53 Å². The molecule has 0 aromatic rings. The quantitative estimate of drug-likeness (QED) is 0.386. The van der Waals surface area contributed by atoms with Gasteiger partial charge in [0.15, 0.2) is 0 Å². The average molecular weight is 397 g/mol. The van der Waals surface area contributed by atoms with Crippen molar-refractivity contribution in [2.75, 3.05) is 13.1 Å². The highest BCUT2D eigenvalue weighted by atomic mass is 31.0. The standard InChI is InChI=1S/C24H32NO2P/c26-18-22-16-25(17-23(28)27-22)24(19-10-4-1-5-11-19,20-12-6-2-7-13-20)21-14-8-3-9-15-21/h1,4-6,8,10,12-14,18-19,21-23H,2-3,7,9,11,15-17,28H2/t19?,21-,22?,23?,24?/m0/s1. The summed E-state index contributed by atoms with van der Waals surface area (Å²) in [6.45, 7) is 1.50. The van der Waals surface area contributed by atoms with Crippen LogP contribution >= 0.6 is 9.24 Å². The summed E-state index contributed by atoms with van der Waals surface area (Å²) in [5.74, 6) is 0.813. The molecule has 0 spiro atoms. The molecule has 5 unspecified atom stereocenters. The van der Waals surface area contributed by atoms with Crippen molar-refractivity contribution >= 4 is 15.5 Å². The molecule has 1 heterocycles. The summed E-state index contributed by atoms with van der Waals surface area (Å²) in [5.41, 5.74) is 1.30. The second kappa shape index (κ2) is 9.03. The first kappa shape index (κ1) is 20.0. The minimum atomic E-state index is -0.362. The van der Waals surface area contributed by atoms with E-state index in [0.717, 1.165) is 32.1 Å². The van der Waals surface area contributed by atoms with Crippen LogP contribution in [0.25, 0.3) is 0 Å². The average Bonchev–Trinajstić information content (AvgIpc) is 2.76. The highest BCUT2D eigenvalue weighted by Gasteiger charge is 2.51. The van der Waals surface area contributed by atoms with Crippen molar-refractivity contribution in [3.63, 3.8) is 0 Å². The van der Waals surface area contributed by atoms with Crippen LogP contribution in [0.15, 0.2) is 60.3 Å². The van der Waals surface area contributed by atoms with E-state index in [1.54, 1.807) is 0 Å². The first-order chi connectivity index (χ1) is 13.7. The second-order valence-electron chi connectivity index (χ2n) is 8.34. The van der Waals surface area contributed by atoms with Gasteiger partial charge in [0.2, 0.25) is 0 Å². The molecule has 4 aliphatic rings. The maximum absolute atomic E-state index is 11.7. The molecular formula is C24H32NO2P. The lowest BCUT2D eigenvalue weighted by Gasteiger charge is -2.56. The number of hydrogen-bond donors (Lipinski definition) is 0. The minimum Gasteiger partial charge on any atom is -0.361 e. The molecule has 0 aromatic carbocycles. The summed E-state index contributed by atoms with van der Waals surface area (Å²) in [7, 11) is 2.80. The number of carbonyl (C=O) groups is 1. The van der Waals surface area contributed by atoms with Crippen LogP contribution in [0.2, 0.25) is 0 Å². The van der Waals surface area contributed by atoms with E-state index in [0.29, 0.717) is 18.4 Å². The van der Waals surface area contributed by atoms with E-state index in [1.165, 1.54) is 24.8 Å². The molecule has 28 heavy (non-hydrogen) atoms. The maximum atomic E-state index is 11.7. The molecule has 150 valence electrons. The number of allylic oxidation sites excluding steroid dienone is 6. The summed E-state index contributed by atoms with van der Waals surface area (Å²) in [6, 6.07) is 0. The first-order valence-corrected chi connectivity index (χ1v) is 11.4. The smallest absolute Gasteiger partial charge is 0.150 e. The van der Waals surface area contributed by atoms with Gasteiger partial charge in [-0.3, -0.25) is 4.90 Å². The van der Waals surface area contributed by atoms with Gasteiger partial charge in [-0.1, -0.05) is 54.7 Å². The Balaban J connectivity index is 1.85. The Kier molecular flexibility index (Phi) is 6.45. The molecule has 0 saturated carbocycles. The van der Waals surface area contributed by atoms with Crippen LogP contribution in [0.3, 0.4) is 0 Å². The number of rotatable bonds is 5. The van der Waals surface area contributed by atoms with E-state index >= 15 is 0 Å². The van der Waals surface area contributed by atoms with Gasteiger partial charge < -0.3 is 9.53 Å². The lowest BCUT2D eigenvalue weighted by atomic mass is 9.62. The first-order valence-electron chi connectivity index (χ1n) is 10.7. The van der Waals surface area contributed by atoms with Gasteiger partial charge in [-0.15, -0.1) is 9.24 Å². The molecule has 1 fully saturated rings. The highest BCUT2D eigenvalue weighted by Crippen LogP contribution is 2.49. The van der Waals surface area contributed by atoms with Gasteiger partial charge in [0.1, 0.15) is 12.4 Å². The van der Waals surface area contributed by atoms with Gasteiger partial charge in [-0.05, 0) is 50.0 Å². The lowest BCUT2D eigenvalue weighted by molar-refractivity contribution is -0.133. The topological polar surface area (TPSA) is 29.5 Å². The summed E-state index contributed by atoms with van der Waals surface area (Å²) in [6.07, 6.45) is 28.5. The normalized spacial score (nSPS) is 35.4. The number of morpholine rings is 1. The monoisotopic (exact) mass is 397 g/mol. The van der Waals surface area contributed by atoms with Crippen molar-refractivity contribution in [2.24, 2.45) is 11.8 Å². The molecular weight excluding hydrogens is 365 g/mol. The van der Waals surface area contributed by atoms with E-state index in [9.17, 15) is 4.79 Å². The van der Waals surface area contributed by atoms with Crippen LogP contribution in [0, 0.1) is 11.8 Å². The van der Waals surface area contributed by atoms with Crippen molar-refractivity contribution in [1.29, 1.82) is 0 Å². The molecule has 0 N–H and O–H groups in total. The SMILES string of the molecule is O=CC1CN(C(C2=CCCC=C2)(C2C=CC=CC2)[C@H]2C=CCCC2)CC(P)O1. The molecule has 4 heteroatoms. The Labute approximate surface area is 171 Å². The number of hydrogen-bond acceptors (Lipinski definition) is 3. The van der Waals surface area contributed by atoms with Crippen LogP contribution < -0.4 is 0 Å². The predicted octanol–water partition coefficient (Wildman–Crippen LogP) is 4.59. The zero-order chi connectivity index (χ0) is 19.4. The Bertz CT molecular complexity index is 718. The van der Waals surface area contributed by atoms with Crippen molar-refractivity contribution in [3.8, 4) is 0 Å². The number of nitrogens with zero attached hydrogens (tertiary/aromatic N) is 1. The number of ether oxygens (including phenoxy) is 1. The Hall–Kier alpha value is -1.28. The summed E-state index contributed by atoms with van der Waals surface area (Å²) < 4.78 is 5.89. The predicted molar refractivity (Wildman–Crippen MR) is 118 cm³/mol. The zero-order valence-corrected chi connectivity index (χ0v) is 17.7. The van der Waals surface area contributed by atoms with Crippen molar-refractivity contribution in [2.45, 2.75) is 56.0 Å². The Morgan fingerprint density at radius 2 is 2.00 bits per heavy atom.